The summed E-state index contributed by atoms with van der Waals surface area (Å²) in [6.07, 6.45) is 0.562. The van der Waals surface area contributed by atoms with Gasteiger partial charge in [0.25, 0.3) is 5.91 Å². The number of benzene rings is 2. The average Bonchev–Trinajstić information content (AvgIpc) is 2.81. The van der Waals surface area contributed by atoms with E-state index in [0.29, 0.717) is 22.9 Å². The first-order chi connectivity index (χ1) is 12.4. The lowest BCUT2D eigenvalue weighted by molar-refractivity contribution is -0.122. The molecule has 2 aromatic carbocycles. The van der Waals surface area contributed by atoms with Gasteiger partial charge >= 0.3 is 0 Å². The van der Waals surface area contributed by atoms with E-state index in [1.807, 2.05) is 0 Å². The Morgan fingerprint density at radius 2 is 2.00 bits per heavy atom. The van der Waals surface area contributed by atoms with Crippen LogP contribution in [0.2, 0.25) is 0 Å². The first kappa shape index (κ1) is 18.1. The molecule has 7 nitrogen and oxygen atoms in total. The summed E-state index contributed by atoms with van der Waals surface area (Å²) in [5.41, 5.74) is 1.02. The molecule has 0 radical (unpaired) electrons. The lowest BCUT2D eigenvalue weighted by Crippen LogP contribution is -2.35. The third-order valence-corrected chi connectivity index (χ3v) is 5.21. The number of hydrogen-bond acceptors (Lipinski definition) is 5. The van der Waals surface area contributed by atoms with Crippen LogP contribution in [-0.2, 0) is 14.8 Å². The number of nitrogens with one attached hydrogen (secondary N) is 1. The van der Waals surface area contributed by atoms with Crippen molar-refractivity contribution in [3.05, 3.63) is 48.5 Å². The minimum absolute atomic E-state index is 0.159. The number of carbonyl (C=O) groups excluding carboxylic acids is 1. The average molecular weight is 376 g/mol. The van der Waals surface area contributed by atoms with Crippen LogP contribution in [0.1, 0.15) is 6.42 Å². The second kappa shape index (κ2) is 7.25. The van der Waals surface area contributed by atoms with Crippen molar-refractivity contribution in [1.29, 1.82) is 0 Å². The number of nitrogens with zero attached hydrogens (tertiary/aromatic N) is 1. The summed E-state index contributed by atoms with van der Waals surface area (Å²) in [6.45, 7) is 0.159. The van der Waals surface area contributed by atoms with Crippen LogP contribution in [0.25, 0.3) is 0 Å². The van der Waals surface area contributed by atoms with Crippen molar-refractivity contribution in [1.82, 2.24) is 0 Å². The number of fused-ring (bicyclic) bond motifs is 1. The Kier molecular flexibility index (Phi) is 5.03. The first-order valence-corrected chi connectivity index (χ1v) is 9.91. The van der Waals surface area contributed by atoms with Gasteiger partial charge in [0, 0.05) is 24.7 Å². The van der Waals surface area contributed by atoms with Crippen LogP contribution in [0.15, 0.2) is 48.5 Å². The highest BCUT2D eigenvalue weighted by molar-refractivity contribution is 7.92. The van der Waals surface area contributed by atoms with Crippen LogP contribution in [0, 0.1) is 0 Å². The Morgan fingerprint density at radius 3 is 2.73 bits per heavy atom. The molecule has 1 aliphatic rings. The number of hydrogen-bond donors (Lipinski definition) is 1. The van der Waals surface area contributed by atoms with Crippen molar-refractivity contribution in [3.8, 4) is 11.5 Å². The number of ether oxygens (including phenoxy) is 2. The monoisotopic (exact) mass is 376 g/mol. The van der Waals surface area contributed by atoms with E-state index in [1.54, 1.807) is 55.6 Å². The maximum atomic E-state index is 12.6. The minimum Gasteiger partial charge on any atom is -0.497 e. The fourth-order valence-electron chi connectivity index (χ4n) is 2.78. The third kappa shape index (κ3) is 3.91. The Hall–Kier alpha value is -2.74. The zero-order valence-electron chi connectivity index (χ0n) is 14.5. The van der Waals surface area contributed by atoms with Gasteiger partial charge in [0.1, 0.15) is 11.5 Å². The summed E-state index contributed by atoms with van der Waals surface area (Å²) >= 11 is 0. The van der Waals surface area contributed by atoms with Gasteiger partial charge in [-0.2, -0.15) is 0 Å². The van der Waals surface area contributed by atoms with E-state index in [4.69, 9.17) is 9.47 Å². The van der Waals surface area contributed by atoms with Crippen molar-refractivity contribution >= 4 is 27.3 Å². The van der Waals surface area contributed by atoms with Gasteiger partial charge in [-0.25, -0.2) is 8.42 Å². The molecule has 0 bridgehead atoms. The summed E-state index contributed by atoms with van der Waals surface area (Å²) in [5.74, 6) is 0.641. The van der Waals surface area contributed by atoms with E-state index < -0.39 is 16.1 Å². The normalized spacial score (nSPS) is 16.8. The fourth-order valence-corrected chi connectivity index (χ4v) is 3.73. The molecule has 26 heavy (non-hydrogen) atoms. The number of amides is 1. The summed E-state index contributed by atoms with van der Waals surface area (Å²) in [7, 11) is -1.93. The van der Waals surface area contributed by atoms with Crippen LogP contribution in [-0.4, -0.2) is 40.3 Å². The Labute approximate surface area is 152 Å². The quantitative estimate of drug-likeness (QED) is 0.885. The highest BCUT2D eigenvalue weighted by Gasteiger charge is 2.31. The second-order valence-corrected chi connectivity index (χ2v) is 7.83. The third-order valence-electron chi connectivity index (χ3n) is 4.03. The lowest BCUT2D eigenvalue weighted by atomic mass is 10.2. The van der Waals surface area contributed by atoms with Gasteiger partial charge in [-0.05, 0) is 24.3 Å². The Balaban J connectivity index is 1.83. The summed E-state index contributed by atoms with van der Waals surface area (Å²) in [5, 5.41) is 2.79. The molecule has 0 fully saturated rings. The lowest BCUT2D eigenvalue weighted by Gasteiger charge is -2.20. The number of para-hydroxylation sites is 2. The number of anilines is 2. The molecular formula is C18H20N2O5S. The fraction of sp³-hybridized carbons (Fsp3) is 0.278. The maximum Gasteiger partial charge on any atom is 0.265 e. The molecule has 138 valence electrons. The van der Waals surface area contributed by atoms with Gasteiger partial charge in [0.15, 0.2) is 6.10 Å². The highest BCUT2D eigenvalue weighted by atomic mass is 32.2. The van der Waals surface area contributed by atoms with Crippen LogP contribution < -0.4 is 19.1 Å². The van der Waals surface area contributed by atoms with E-state index in [-0.39, 0.29) is 18.9 Å². The van der Waals surface area contributed by atoms with Crippen molar-refractivity contribution in [2.75, 3.05) is 29.5 Å². The molecule has 2 aromatic rings. The van der Waals surface area contributed by atoms with Crippen molar-refractivity contribution < 1.29 is 22.7 Å². The van der Waals surface area contributed by atoms with Crippen LogP contribution in [0.5, 0.6) is 11.5 Å². The molecule has 0 saturated heterocycles. The summed E-state index contributed by atoms with van der Waals surface area (Å²) in [6, 6.07) is 13.8. The Bertz CT molecular complexity index is 913. The molecule has 3 rings (SSSR count). The van der Waals surface area contributed by atoms with Gasteiger partial charge in [0.05, 0.1) is 19.1 Å². The van der Waals surface area contributed by atoms with E-state index in [9.17, 15) is 13.2 Å². The second-order valence-electron chi connectivity index (χ2n) is 5.92. The van der Waals surface area contributed by atoms with E-state index >= 15 is 0 Å². The van der Waals surface area contributed by atoms with Gasteiger partial charge in [-0.15, -0.1) is 0 Å². The van der Waals surface area contributed by atoms with Crippen molar-refractivity contribution in [2.45, 2.75) is 12.5 Å². The predicted octanol–water partition coefficient (Wildman–Crippen LogP) is 2.25. The number of rotatable bonds is 4. The molecule has 1 N–H and O–H groups in total. The van der Waals surface area contributed by atoms with Crippen molar-refractivity contribution in [2.24, 2.45) is 0 Å². The SMILES string of the molecule is COc1cccc(NC(=O)[C@H]2CCN(S(C)(=O)=O)c3ccccc3O2)c1. The van der Waals surface area contributed by atoms with Gasteiger partial charge in [0.2, 0.25) is 10.0 Å². The van der Waals surface area contributed by atoms with Gasteiger partial charge in [-0.3, -0.25) is 9.10 Å². The molecule has 1 atom stereocenters. The van der Waals surface area contributed by atoms with E-state index in [0.717, 1.165) is 6.26 Å². The molecule has 0 spiro atoms. The summed E-state index contributed by atoms with van der Waals surface area (Å²) in [4.78, 5) is 12.6. The zero-order valence-corrected chi connectivity index (χ0v) is 15.3. The first-order valence-electron chi connectivity index (χ1n) is 8.07. The molecule has 1 heterocycles. The number of carbonyl (C=O) groups is 1. The van der Waals surface area contributed by atoms with Gasteiger partial charge < -0.3 is 14.8 Å². The molecule has 0 aromatic heterocycles. The maximum absolute atomic E-state index is 12.6. The minimum atomic E-state index is -3.47. The zero-order chi connectivity index (χ0) is 18.7. The standard InChI is InChI=1S/C18H20N2O5S/c1-24-14-7-5-6-13(12-14)19-18(21)17-10-11-20(26(2,22)23)15-8-3-4-9-16(15)25-17/h3-9,12,17H,10-11H2,1-2H3,(H,19,21)/t17-/m1/s1. The molecule has 0 unspecified atom stereocenters. The van der Waals surface area contributed by atoms with Crippen molar-refractivity contribution in [3.63, 3.8) is 0 Å². The molecule has 1 aliphatic heterocycles. The predicted molar refractivity (Wildman–Crippen MR) is 99.3 cm³/mol. The summed E-state index contributed by atoms with van der Waals surface area (Å²) < 4.78 is 36.4. The number of methoxy groups -OCH3 is 1. The van der Waals surface area contributed by atoms with E-state index in [2.05, 4.69) is 5.32 Å². The molecule has 1 amide bonds. The highest BCUT2D eigenvalue weighted by Crippen LogP contribution is 2.34. The van der Waals surface area contributed by atoms with E-state index in [1.165, 1.54) is 4.31 Å². The van der Waals surface area contributed by atoms with Crippen LogP contribution in [0.3, 0.4) is 0 Å². The molecule has 0 saturated carbocycles. The van der Waals surface area contributed by atoms with Crippen LogP contribution in [0.4, 0.5) is 11.4 Å². The van der Waals surface area contributed by atoms with Crippen LogP contribution >= 0.6 is 0 Å². The topological polar surface area (TPSA) is 84.9 Å². The number of sulfonamides is 1. The molecule has 8 heteroatoms. The largest absolute Gasteiger partial charge is 0.497 e. The van der Waals surface area contributed by atoms with Gasteiger partial charge in [-0.1, -0.05) is 18.2 Å². The molecule has 0 aliphatic carbocycles. The Morgan fingerprint density at radius 1 is 1.23 bits per heavy atom. The molecular weight excluding hydrogens is 356 g/mol. The smallest absolute Gasteiger partial charge is 0.265 e.